The van der Waals surface area contributed by atoms with Gasteiger partial charge in [-0.15, -0.1) is 0 Å². The topological polar surface area (TPSA) is 32.3 Å². The standard InChI is InChI=1S/C11H20N2OS/c14-11(10-4-1-2-5-12-10)13-6-3-8-15-9-7-13/h10,12H,1-9H2/t10-/m0/s1. The van der Waals surface area contributed by atoms with Crippen LogP contribution in [0.1, 0.15) is 25.7 Å². The predicted molar refractivity (Wildman–Crippen MR) is 64.2 cm³/mol. The Morgan fingerprint density at radius 2 is 2.13 bits per heavy atom. The first kappa shape index (κ1) is 11.3. The van der Waals surface area contributed by atoms with Crippen LogP contribution in [0.5, 0.6) is 0 Å². The molecule has 0 aromatic heterocycles. The molecule has 0 unspecified atom stereocenters. The Hall–Kier alpha value is -0.220. The molecule has 3 nitrogen and oxygen atoms in total. The van der Waals surface area contributed by atoms with Gasteiger partial charge in [0, 0.05) is 18.8 Å². The monoisotopic (exact) mass is 228 g/mol. The molecular formula is C11H20N2OS. The molecule has 0 aliphatic carbocycles. The molecule has 2 saturated heterocycles. The molecule has 1 N–H and O–H groups in total. The van der Waals surface area contributed by atoms with Gasteiger partial charge in [0.05, 0.1) is 6.04 Å². The second kappa shape index (κ2) is 5.75. The average Bonchev–Trinajstić information content (AvgIpc) is 2.58. The highest BCUT2D eigenvalue weighted by molar-refractivity contribution is 7.99. The van der Waals surface area contributed by atoms with Gasteiger partial charge in [-0.05, 0) is 31.6 Å². The van der Waals surface area contributed by atoms with E-state index < -0.39 is 0 Å². The maximum Gasteiger partial charge on any atom is 0.239 e. The van der Waals surface area contributed by atoms with Gasteiger partial charge in [0.25, 0.3) is 0 Å². The Morgan fingerprint density at radius 3 is 2.93 bits per heavy atom. The fourth-order valence-corrected chi connectivity index (χ4v) is 3.14. The molecule has 0 bridgehead atoms. The van der Waals surface area contributed by atoms with E-state index in [1.54, 1.807) is 0 Å². The van der Waals surface area contributed by atoms with E-state index >= 15 is 0 Å². The first-order chi connectivity index (χ1) is 7.38. The third-order valence-electron chi connectivity index (χ3n) is 3.14. The number of rotatable bonds is 1. The number of thioether (sulfide) groups is 1. The molecule has 1 atom stereocenters. The third-order valence-corrected chi connectivity index (χ3v) is 4.19. The summed E-state index contributed by atoms with van der Waals surface area (Å²) in [5, 5.41) is 3.34. The van der Waals surface area contributed by atoms with Gasteiger partial charge >= 0.3 is 0 Å². The van der Waals surface area contributed by atoms with Gasteiger partial charge < -0.3 is 10.2 Å². The molecule has 2 rings (SSSR count). The second-order valence-electron chi connectivity index (χ2n) is 4.29. The van der Waals surface area contributed by atoms with Crippen molar-refractivity contribution >= 4 is 17.7 Å². The van der Waals surface area contributed by atoms with E-state index in [0.29, 0.717) is 5.91 Å². The Balaban J connectivity index is 1.87. The number of carbonyl (C=O) groups excluding carboxylic acids is 1. The SMILES string of the molecule is O=C([C@@H]1CCCCN1)N1CCCSCC1. The lowest BCUT2D eigenvalue weighted by Crippen LogP contribution is -2.49. The van der Waals surface area contributed by atoms with Crippen molar-refractivity contribution < 1.29 is 4.79 Å². The first-order valence-electron chi connectivity index (χ1n) is 5.98. The number of hydrogen-bond donors (Lipinski definition) is 1. The van der Waals surface area contributed by atoms with Crippen molar-refractivity contribution in [3.8, 4) is 0 Å². The van der Waals surface area contributed by atoms with Gasteiger partial charge in [-0.1, -0.05) is 6.42 Å². The van der Waals surface area contributed by atoms with Crippen molar-refractivity contribution in [1.29, 1.82) is 0 Å². The molecule has 86 valence electrons. The van der Waals surface area contributed by atoms with Crippen LogP contribution in [0.15, 0.2) is 0 Å². The van der Waals surface area contributed by atoms with E-state index in [2.05, 4.69) is 10.2 Å². The van der Waals surface area contributed by atoms with Crippen LogP contribution in [0.2, 0.25) is 0 Å². The van der Waals surface area contributed by atoms with Crippen molar-refractivity contribution in [1.82, 2.24) is 10.2 Å². The van der Waals surface area contributed by atoms with Crippen LogP contribution in [0.25, 0.3) is 0 Å². The largest absolute Gasteiger partial charge is 0.340 e. The van der Waals surface area contributed by atoms with Crippen LogP contribution in [-0.2, 0) is 4.79 Å². The van der Waals surface area contributed by atoms with Gasteiger partial charge in [-0.3, -0.25) is 4.79 Å². The van der Waals surface area contributed by atoms with Gasteiger partial charge in [0.2, 0.25) is 5.91 Å². The molecule has 0 spiro atoms. The number of piperidine rings is 1. The summed E-state index contributed by atoms with van der Waals surface area (Å²) >= 11 is 1.97. The predicted octanol–water partition coefficient (Wildman–Crippen LogP) is 1.09. The van der Waals surface area contributed by atoms with Crippen LogP contribution in [0, 0.1) is 0 Å². The highest BCUT2D eigenvalue weighted by atomic mass is 32.2. The zero-order valence-corrected chi connectivity index (χ0v) is 10.0. The molecule has 2 aliphatic rings. The molecule has 0 aromatic rings. The minimum Gasteiger partial charge on any atom is -0.340 e. The fourth-order valence-electron chi connectivity index (χ4n) is 2.25. The van der Waals surface area contributed by atoms with Crippen LogP contribution >= 0.6 is 11.8 Å². The summed E-state index contributed by atoms with van der Waals surface area (Å²) in [6, 6.07) is 0.113. The van der Waals surface area contributed by atoms with Gasteiger partial charge in [-0.2, -0.15) is 11.8 Å². The van der Waals surface area contributed by atoms with Gasteiger partial charge in [0.1, 0.15) is 0 Å². The highest BCUT2D eigenvalue weighted by Crippen LogP contribution is 2.14. The van der Waals surface area contributed by atoms with E-state index in [4.69, 9.17) is 0 Å². The highest BCUT2D eigenvalue weighted by Gasteiger charge is 2.25. The average molecular weight is 228 g/mol. The van der Waals surface area contributed by atoms with Crippen LogP contribution in [0.4, 0.5) is 0 Å². The van der Waals surface area contributed by atoms with Crippen molar-refractivity contribution in [3.63, 3.8) is 0 Å². The Labute approximate surface area is 96.0 Å². The molecule has 0 saturated carbocycles. The number of nitrogens with one attached hydrogen (secondary N) is 1. The molecule has 4 heteroatoms. The Morgan fingerprint density at radius 1 is 1.20 bits per heavy atom. The smallest absolute Gasteiger partial charge is 0.239 e. The van der Waals surface area contributed by atoms with Crippen molar-refractivity contribution in [3.05, 3.63) is 0 Å². The minimum absolute atomic E-state index is 0.113. The summed E-state index contributed by atoms with van der Waals surface area (Å²) in [4.78, 5) is 14.2. The summed E-state index contributed by atoms with van der Waals surface area (Å²) < 4.78 is 0. The second-order valence-corrected chi connectivity index (χ2v) is 5.52. The van der Waals surface area contributed by atoms with E-state index in [-0.39, 0.29) is 6.04 Å². The van der Waals surface area contributed by atoms with Gasteiger partial charge in [-0.25, -0.2) is 0 Å². The molecule has 2 fully saturated rings. The molecule has 2 heterocycles. The summed E-state index contributed by atoms with van der Waals surface area (Å²) in [6.45, 7) is 2.92. The summed E-state index contributed by atoms with van der Waals surface area (Å²) in [6.07, 6.45) is 4.61. The quantitative estimate of drug-likeness (QED) is 0.729. The molecule has 0 radical (unpaired) electrons. The normalized spacial score (nSPS) is 28.5. The van der Waals surface area contributed by atoms with Crippen molar-refractivity contribution in [2.45, 2.75) is 31.7 Å². The number of amides is 1. The van der Waals surface area contributed by atoms with Crippen molar-refractivity contribution in [2.24, 2.45) is 0 Å². The number of nitrogens with zero attached hydrogens (tertiary/aromatic N) is 1. The molecule has 15 heavy (non-hydrogen) atoms. The minimum atomic E-state index is 0.113. The maximum atomic E-state index is 12.2. The number of hydrogen-bond acceptors (Lipinski definition) is 3. The lowest BCUT2D eigenvalue weighted by Gasteiger charge is -2.29. The van der Waals surface area contributed by atoms with Gasteiger partial charge in [0.15, 0.2) is 0 Å². The van der Waals surface area contributed by atoms with Crippen LogP contribution < -0.4 is 5.32 Å². The van der Waals surface area contributed by atoms with E-state index in [9.17, 15) is 4.79 Å². The zero-order valence-electron chi connectivity index (χ0n) is 9.21. The maximum absolute atomic E-state index is 12.2. The van der Waals surface area contributed by atoms with E-state index in [0.717, 1.165) is 38.2 Å². The summed E-state index contributed by atoms with van der Waals surface area (Å²) in [7, 11) is 0. The fraction of sp³-hybridized carbons (Fsp3) is 0.909. The summed E-state index contributed by atoms with van der Waals surface area (Å²) in [5.41, 5.74) is 0. The first-order valence-corrected chi connectivity index (χ1v) is 7.13. The van der Waals surface area contributed by atoms with E-state index in [1.165, 1.54) is 18.6 Å². The molecule has 1 amide bonds. The Kier molecular flexibility index (Phi) is 4.32. The zero-order chi connectivity index (χ0) is 10.5. The summed E-state index contributed by atoms with van der Waals surface area (Å²) in [5.74, 6) is 2.66. The van der Waals surface area contributed by atoms with Crippen LogP contribution in [-0.4, -0.2) is 48.0 Å². The lowest BCUT2D eigenvalue weighted by atomic mass is 10.0. The van der Waals surface area contributed by atoms with Crippen LogP contribution in [0.3, 0.4) is 0 Å². The number of carbonyl (C=O) groups is 1. The van der Waals surface area contributed by atoms with E-state index in [1.807, 2.05) is 11.8 Å². The lowest BCUT2D eigenvalue weighted by molar-refractivity contribution is -0.133. The molecular weight excluding hydrogens is 208 g/mol. The third kappa shape index (κ3) is 3.11. The van der Waals surface area contributed by atoms with Crippen molar-refractivity contribution in [2.75, 3.05) is 31.1 Å². The molecule has 2 aliphatic heterocycles. The Bertz CT molecular complexity index is 209. The molecule has 0 aromatic carbocycles.